The van der Waals surface area contributed by atoms with Gasteiger partial charge in [-0.2, -0.15) is 0 Å². The van der Waals surface area contributed by atoms with Gasteiger partial charge in [-0.05, 0) is 66.4 Å². The third-order valence-electron chi connectivity index (χ3n) is 6.39. The highest BCUT2D eigenvalue weighted by atomic mass is 35.5. The minimum Gasteiger partial charge on any atom is -0.444 e. The third kappa shape index (κ3) is 6.32. The number of amides is 2. The normalized spacial score (nSPS) is 16.6. The van der Waals surface area contributed by atoms with Crippen LogP contribution in [0.2, 0.25) is 5.02 Å². The first-order valence-electron chi connectivity index (χ1n) is 12.7. The van der Waals surface area contributed by atoms with Crippen LogP contribution in [0.25, 0.3) is 10.9 Å². The van der Waals surface area contributed by atoms with Crippen LogP contribution < -0.4 is 0 Å². The number of fused-ring (bicyclic) bond motifs is 1. The van der Waals surface area contributed by atoms with Gasteiger partial charge in [0.2, 0.25) is 0 Å². The standard InChI is InChI=1S/C27H39ClFN3O4/c1-18(2)32(19-11-10-14-30(17-19)26(34)36-27(3,4)5)25(33)24-22(28)20-12-9-13-21(29)23(20)31(24)15-7-8-16-35-6/h9,12-13,18-19H,7-8,10-11,14-17H2,1-6H3/t19-/m1/s1. The highest BCUT2D eigenvalue weighted by Crippen LogP contribution is 2.35. The number of para-hydroxylation sites is 1. The van der Waals surface area contributed by atoms with E-state index in [1.165, 1.54) is 6.07 Å². The molecule has 1 aliphatic rings. The van der Waals surface area contributed by atoms with E-state index < -0.39 is 11.4 Å². The number of methoxy groups -OCH3 is 1. The van der Waals surface area contributed by atoms with E-state index in [2.05, 4.69) is 0 Å². The van der Waals surface area contributed by atoms with Gasteiger partial charge in [-0.3, -0.25) is 4.79 Å². The Bertz CT molecular complexity index is 1080. The average Bonchev–Trinajstić information content (AvgIpc) is 3.08. The fourth-order valence-electron chi connectivity index (χ4n) is 4.89. The first-order valence-corrected chi connectivity index (χ1v) is 13.1. The van der Waals surface area contributed by atoms with Crippen LogP contribution in [-0.4, -0.2) is 70.9 Å². The van der Waals surface area contributed by atoms with E-state index in [9.17, 15) is 14.0 Å². The summed E-state index contributed by atoms with van der Waals surface area (Å²) in [6.45, 7) is 11.4. The first kappa shape index (κ1) is 28.3. The van der Waals surface area contributed by atoms with Crippen molar-refractivity contribution in [2.75, 3.05) is 26.8 Å². The monoisotopic (exact) mass is 523 g/mol. The average molecular weight is 524 g/mol. The number of carbonyl (C=O) groups excluding carboxylic acids is 2. The molecule has 200 valence electrons. The molecule has 2 heterocycles. The number of unbranched alkanes of at least 4 members (excludes halogenated alkanes) is 1. The van der Waals surface area contributed by atoms with E-state index in [1.807, 2.05) is 34.6 Å². The molecule has 1 aromatic carbocycles. The van der Waals surface area contributed by atoms with Crippen molar-refractivity contribution in [1.29, 1.82) is 0 Å². The number of piperidine rings is 1. The van der Waals surface area contributed by atoms with Crippen molar-refractivity contribution in [2.24, 2.45) is 0 Å². The Balaban J connectivity index is 1.96. The van der Waals surface area contributed by atoms with Crippen molar-refractivity contribution in [3.63, 3.8) is 0 Å². The molecular weight excluding hydrogens is 485 g/mol. The fraction of sp³-hybridized carbons (Fsp3) is 0.630. The Hall–Kier alpha value is -2.32. The first-order chi connectivity index (χ1) is 17.0. The number of carbonyl (C=O) groups is 2. The SMILES string of the molecule is COCCCCn1c(C(=O)N(C(C)C)[C@@H]2CCCN(C(=O)OC(C)(C)C)C2)c(Cl)c2cccc(F)c21. The zero-order valence-electron chi connectivity index (χ0n) is 22.3. The summed E-state index contributed by atoms with van der Waals surface area (Å²) in [6.07, 6.45) is 2.61. The van der Waals surface area contributed by atoms with Crippen LogP contribution in [0.4, 0.5) is 9.18 Å². The minimum atomic E-state index is -0.598. The molecule has 2 amide bonds. The summed E-state index contributed by atoms with van der Waals surface area (Å²) in [5, 5.41) is 0.779. The zero-order valence-corrected chi connectivity index (χ0v) is 23.0. The van der Waals surface area contributed by atoms with Crippen molar-refractivity contribution in [1.82, 2.24) is 14.4 Å². The van der Waals surface area contributed by atoms with Crippen molar-refractivity contribution < 1.29 is 23.5 Å². The Labute approximate surface area is 218 Å². The Morgan fingerprint density at radius 3 is 2.61 bits per heavy atom. The number of likely N-dealkylation sites (tertiary alicyclic amines) is 1. The fourth-order valence-corrected chi connectivity index (χ4v) is 5.23. The number of nitrogens with zero attached hydrogens (tertiary/aromatic N) is 3. The molecule has 0 aliphatic carbocycles. The highest BCUT2D eigenvalue weighted by molar-refractivity contribution is 6.38. The molecule has 1 fully saturated rings. The van der Waals surface area contributed by atoms with Gasteiger partial charge in [0.05, 0.1) is 16.6 Å². The van der Waals surface area contributed by atoms with Crippen molar-refractivity contribution in [2.45, 2.75) is 84.5 Å². The van der Waals surface area contributed by atoms with Gasteiger partial charge < -0.3 is 23.8 Å². The van der Waals surface area contributed by atoms with Gasteiger partial charge in [-0.1, -0.05) is 23.7 Å². The second-order valence-corrected chi connectivity index (χ2v) is 11.1. The van der Waals surface area contributed by atoms with Crippen molar-refractivity contribution in [3.05, 3.63) is 34.7 Å². The van der Waals surface area contributed by atoms with Crippen LogP contribution in [0.1, 0.15) is 70.8 Å². The second-order valence-electron chi connectivity index (χ2n) is 10.7. The summed E-state index contributed by atoms with van der Waals surface area (Å²) in [7, 11) is 1.64. The summed E-state index contributed by atoms with van der Waals surface area (Å²) in [6, 6.07) is 4.38. The Kier molecular flexibility index (Phi) is 9.28. The van der Waals surface area contributed by atoms with E-state index in [0.29, 0.717) is 43.6 Å². The summed E-state index contributed by atoms with van der Waals surface area (Å²) < 4.78 is 27.4. The molecule has 0 N–H and O–H groups in total. The molecule has 36 heavy (non-hydrogen) atoms. The van der Waals surface area contributed by atoms with E-state index in [1.54, 1.807) is 33.6 Å². The molecule has 0 radical (unpaired) electrons. The van der Waals surface area contributed by atoms with Crippen LogP contribution in [0.5, 0.6) is 0 Å². The molecular formula is C27H39ClFN3O4. The summed E-state index contributed by atoms with van der Waals surface area (Å²) in [4.78, 5) is 30.4. The molecule has 1 aliphatic heterocycles. The molecule has 7 nitrogen and oxygen atoms in total. The van der Waals surface area contributed by atoms with Gasteiger partial charge in [0, 0.05) is 44.8 Å². The maximum atomic E-state index is 15.0. The van der Waals surface area contributed by atoms with Crippen LogP contribution in [0, 0.1) is 5.82 Å². The number of hydrogen-bond acceptors (Lipinski definition) is 4. The third-order valence-corrected chi connectivity index (χ3v) is 6.77. The van der Waals surface area contributed by atoms with E-state index in [4.69, 9.17) is 21.1 Å². The van der Waals surface area contributed by atoms with Gasteiger partial charge in [0.15, 0.2) is 0 Å². The van der Waals surface area contributed by atoms with Crippen LogP contribution >= 0.6 is 11.6 Å². The maximum Gasteiger partial charge on any atom is 0.410 e. The van der Waals surface area contributed by atoms with Gasteiger partial charge in [0.25, 0.3) is 5.91 Å². The quantitative estimate of drug-likeness (QED) is 0.391. The number of ether oxygens (including phenoxy) is 2. The number of benzene rings is 1. The second kappa shape index (κ2) is 11.8. The summed E-state index contributed by atoms with van der Waals surface area (Å²) in [5.41, 5.74) is 0.0298. The van der Waals surface area contributed by atoms with E-state index in [-0.39, 0.29) is 34.8 Å². The van der Waals surface area contributed by atoms with Crippen molar-refractivity contribution >= 4 is 34.5 Å². The van der Waals surface area contributed by atoms with Crippen LogP contribution in [-0.2, 0) is 16.0 Å². The lowest BCUT2D eigenvalue weighted by Crippen LogP contribution is -2.54. The molecule has 1 saturated heterocycles. The van der Waals surface area contributed by atoms with Crippen LogP contribution in [0.15, 0.2) is 18.2 Å². The minimum absolute atomic E-state index is 0.151. The van der Waals surface area contributed by atoms with Crippen LogP contribution in [0.3, 0.4) is 0 Å². The van der Waals surface area contributed by atoms with Gasteiger partial charge >= 0.3 is 6.09 Å². The molecule has 9 heteroatoms. The lowest BCUT2D eigenvalue weighted by Gasteiger charge is -2.41. The Morgan fingerprint density at radius 1 is 1.25 bits per heavy atom. The molecule has 3 rings (SSSR count). The van der Waals surface area contributed by atoms with Gasteiger partial charge in [-0.15, -0.1) is 0 Å². The largest absolute Gasteiger partial charge is 0.444 e. The molecule has 1 aromatic heterocycles. The molecule has 0 unspecified atom stereocenters. The predicted molar refractivity (Wildman–Crippen MR) is 140 cm³/mol. The smallest absolute Gasteiger partial charge is 0.410 e. The number of rotatable bonds is 8. The molecule has 1 atom stereocenters. The zero-order chi connectivity index (χ0) is 26.6. The maximum absolute atomic E-state index is 15.0. The summed E-state index contributed by atoms with van der Waals surface area (Å²) >= 11 is 6.76. The van der Waals surface area contributed by atoms with E-state index >= 15 is 0 Å². The molecule has 2 aromatic rings. The number of aromatic nitrogens is 1. The lowest BCUT2D eigenvalue weighted by atomic mass is 10.0. The van der Waals surface area contributed by atoms with Crippen molar-refractivity contribution in [3.8, 4) is 0 Å². The van der Waals surface area contributed by atoms with Gasteiger partial charge in [-0.25, -0.2) is 9.18 Å². The molecule has 0 saturated carbocycles. The number of hydrogen-bond donors (Lipinski definition) is 0. The van der Waals surface area contributed by atoms with E-state index in [0.717, 1.165) is 19.3 Å². The molecule has 0 spiro atoms. The lowest BCUT2D eigenvalue weighted by molar-refractivity contribution is 0.00733. The number of aryl methyl sites for hydroxylation is 1. The number of halogens is 2. The topological polar surface area (TPSA) is 64.0 Å². The predicted octanol–water partition coefficient (Wildman–Crippen LogP) is 6.11. The summed E-state index contributed by atoms with van der Waals surface area (Å²) in [5.74, 6) is -0.668. The Morgan fingerprint density at radius 2 is 1.97 bits per heavy atom. The molecule has 0 bridgehead atoms. The van der Waals surface area contributed by atoms with Gasteiger partial charge in [0.1, 0.15) is 17.1 Å². The highest BCUT2D eigenvalue weighted by Gasteiger charge is 2.36.